The molecule has 0 fully saturated rings. The van der Waals surface area contributed by atoms with Crippen molar-refractivity contribution in [3.63, 3.8) is 0 Å². The molecule has 0 radical (unpaired) electrons. The molecule has 0 aliphatic rings. The van der Waals surface area contributed by atoms with Crippen LogP contribution in [-0.2, 0) is 6.42 Å². The van der Waals surface area contributed by atoms with E-state index in [-0.39, 0.29) is 5.91 Å². The van der Waals surface area contributed by atoms with E-state index in [0.717, 1.165) is 6.42 Å². The van der Waals surface area contributed by atoms with E-state index in [4.69, 9.17) is 14.2 Å². The molecule has 5 nitrogen and oxygen atoms in total. The minimum absolute atomic E-state index is 0.151. The smallest absolute Gasteiger partial charge is 0.251 e. The van der Waals surface area contributed by atoms with Gasteiger partial charge >= 0.3 is 0 Å². The fraction of sp³-hybridized carbons (Fsp3) is 0.421. The first-order valence-corrected chi connectivity index (χ1v) is 9.44. The molecule has 0 saturated carbocycles. The lowest BCUT2D eigenvalue weighted by atomic mass is 10.1. The van der Waals surface area contributed by atoms with E-state index in [1.165, 1.54) is 4.88 Å². The van der Waals surface area contributed by atoms with E-state index in [1.807, 2.05) is 32.2 Å². The van der Waals surface area contributed by atoms with Crippen LogP contribution in [0.4, 0.5) is 0 Å². The summed E-state index contributed by atoms with van der Waals surface area (Å²) < 4.78 is 17.0. The Morgan fingerprint density at radius 2 is 1.68 bits per heavy atom. The molecule has 0 bridgehead atoms. The van der Waals surface area contributed by atoms with Gasteiger partial charge in [-0.15, -0.1) is 11.3 Å². The molecule has 25 heavy (non-hydrogen) atoms. The van der Waals surface area contributed by atoms with Crippen LogP contribution in [0, 0.1) is 0 Å². The predicted molar refractivity (Wildman–Crippen MR) is 100 cm³/mol. The van der Waals surface area contributed by atoms with Crippen molar-refractivity contribution in [1.82, 2.24) is 5.32 Å². The molecule has 0 spiro atoms. The first-order valence-electron chi connectivity index (χ1n) is 8.56. The second-order valence-corrected chi connectivity index (χ2v) is 6.22. The zero-order valence-corrected chi connectivity index (χ0v) is 15.8. The van der Waals surface area contributed by atoms with Crippen LogP contribution in [-0.4, -0.2) is 32.3 Å². The van der Waals surface area contributed by atoms with E-state index in [2.05, 4.69) is 11.4 Å². The summed E-state index contributed by atoms with van der Waals surface area (Å²) in [6.07, 6.45) is 0.817. The number of carbonyl (C=O) groups excluding carboxylic acids is 1. The van der Waals surface area contributed by atoms with Crippen molar-refractivity contribution in [1.29, 1.82) is 0 Å². The van der Waals surface area contributed by atoms with Crippen molar-refractivity contribution in [3.05, 3.63) is 40.1 Å². The van der Waals surface area contributed by atoms with E-state index < -0.39 is 0 Å². The minimum atomic E-state index is -0.151. The molecule has 0 atom stereocenters. The Morgan fingerprint density at radius 3 is 2.20 bits per heavy atom. The standard InChI is InChI=1S/C19H25NO4S/c1-4-22-16-12-14(13-17(23-5-2)18(16)24-6-3)19(21)20-10-9-15-8-7-11-25-15/h7-8,11-13H,4-6,9-10H2,1-3H3,(H,20,21). The Balaban J connectivity index is 2.15. The highest BCUT2D eigenvalue weighted by Gasteiger charge is 2.18. The molecular formula is C19H25NO4S. The normalized spacial score (nSPS) is 10.4. The summed E-state index contributed by atoms with van der Waals surface area (Å²) in [5, 5.41) is 4.98. The average Bonchev–Trinajstić information content (AvgIpc) is 3.11. The number of carbonyl (C=O) groups is 1. The van der Waals surface area contributed by atoms with Crippen LogP contribution in [0.2, 0.25) is 0 Å². The van der Waals surface area contributed by atoms with Crippen LogP contribution in [0.5, 0.6) is 17.2 Å². The number of hydrogen-bond acceptors (Lipinski definition) is 5. The second-order valence-electron chi connectivity index (χ2n) is 5.19. The predicted octanol–water partition coefficient (Wildman–Crippen LogP) is 3.92. The van der Waals surface area contributed by atoms with E-state index in [1.54, 1.807) is 23.5 Å². The zero-order valence-electron chi connectivity index (χ0n) is 15.0. The topological polar surface area (TPSA) is 56.8 Å². The molecule has 1 aromatic heterocycles. The van der Waals surface area contributed by atoms with E-state index in [0.29, 0.717) is 49.2 Å². The molecule has 1 heterocycles. The van der Waals surface area contributed by atoms with Gasteiger partial charge in [0.2, 0.25) is 5.75 Å². The second kappa shape index (κ2) is 9.93. The summed E-state index contributed by atoms with van der Waals surface area (Å²) in [7, 11) is 0. The van der Waals surface area contributed by atoms with Crippen LogP contribution in [0.25, 0.3) is 0 Å². The molecule has 1 amide bonds. The van der Waals surface area contributed by atoms with Crippen LogP contribution < -0.4 is 19.5 Å². The van der Waals surface area contributed by atoms with Gasteiger partial charge in [-0.1, -0.05) is 6.07 Å². The number of thiophene rings is 1. The molecular weight excluding hydrogens is 338 g/mol. The van der Waals surface area contributed by atoms with Crippen molar-refractivity contribution < 1.29 is 19.0 Å². The molecule has 0 unspecified atom stereocenters. The SMILES string of the molecule is CCOc1cc(C(=O)NCCc2cccs2)cc(OCC)c1OCC. The van der Waals surface area contributed by atoms with Crippen molar-refractivity contribution in [3.8, 4) is 17.2 Å². The first-order chi connectivity index (χ1) is 12.2. The van der Waals surface area contributed by atoms with Crippen molar-refractivity contribution in [2.75, 3.05) is 26.4 Å². The summed E-state index contributed by atoms with van der Waals surface area (Å²) in [6.45, 7) is 7.72. The van der Waals surface area contributed by atoms with Crippen molar-refractivity contribution in [2.45, 2.75) is 27.2 Å². The third kappa shape index (κ3) is 5.39. The Bertz CT molecular complexity index is 643. The Morgan fingerprint density at radius 1 is 1.04 bits per heavy atom. The average molecular weight is 363 g/mol. The number of ether oxygens (including phenoxy) is 3. The molecule has 0 saturated heterocycles. The fourth-order valence-corrected chi connectivity index (χ4v) is 3.08. The fourth-order valence-electron chi connectivity index (χ4n) is 2.38. The van der Waals surface area contributed by atoms with E-state index >= 15 is 0 Å². The lowest BCUT2D eigenvalue weighted by molar-refractivity contribution is 0.0953. The zero-order chi connectivity index (χ0) is 18.1. The number of benzene rings is 1. The molecule has 0 aliphatic heterocycles. The third-order valence-corrected chi connectivity index (χ3v) is 4.34. The van der Waals surface area contributed by atoms with Gasteiger partial charge in [0.1, 0.15) is 0 Å². The van der Waals surface area contributed by atoms with Gasteiger partial charge in [-0.25, -0.2) is 0 Å². The lowest BCUT2D eigenvalue weighted by Gasteiger charge is -2.17. The van der Waals surface area contributed by atoms with Gasteiger partial charge in [-0.2, -0.15) is 0 Å². The number of rotatable bonds is 10. The molecule has 1 N–H and O–H groups in total. The summed E-state index contributed by atoms with van der Waals surface area (Å²) in [4.78, 5) is 13.7. The first kappa shape index (κ1) is 19.1. The molecule has 1 aromatic carbocycles. The van der Waals surface area contributed by atoms with Gasteiger partial charge in [0.25, 0.3) is 5.91 Å². The number of hydrogen-bond donors (Lipinski definition) is 1. The highest BCUT2D eigenvalue weighted by molar-refractivity contribution is 7.09. The van der Waals surface area contributed by atoms with Gasteiger partial charge in [-0.3, -0.25) is 4.79 Å². The maximum atomic E-state index is 12.5. The summed E-state index contributed by atoms with van der Waals surface area (Å²) in [6, 6.07) is 7.49. The van der Waals surface area contributed by atoms with Crippen LogP contribution in [0.15, 0.2) is 29.6 Å². The largest absolute Gasteiger partial charge is 0.490 e. The maximum Gasteiger partial charge on any atom is 0.251 e. The van der Waals surface area contributed by atoms with Crippen molar-refractivity contribution in [2.24, 2.45) is 0 Å². The monoisotopic (exact) mass is 363 g/mol. The highest BCUT2D eigenvalue weighted by Crippen LogP contribution is 2.39. The van der Waals surface area contributed by atoms with Gasteiger partial charge in [0.05, 0.1) is 19.8 Å². The number of amides is 1. The lowest BCUT2D eigenvalue weighted by Crippen LogP contribution is -2.25. The van der Waals surface area contributed by atoms with Crippen molar-refractivity contribution >= 4 is 17.2 Å². The Kier molecular flexibility index (Phi) is 7.60. The third-order valence-electron chi connectivity index (χ3n) is 3.41. The molecule has 136 valence electrons. The molecule has 2 aromatic rings. The number of nitrogens with one attached hydrogen (secondary N) is 1. The van der Waals surface area contributed by atoms with Crippen LogP contribution in [0.1, 0.15) is 36.0 Å². The van der Waals surface area contributed by atoms with Gasteiger partial charge in [0.15, 0.2) is 11.5 Å². The highest BCUT2D eigenvalue weighted by atomic mass is 32.1. The summed E-state index contributed by atoms with van der Waals surface area (Å²) in [5.74, 6) is 1.44. The maximum absolute atomic E-state index is 12.5. The van der Waals surface area contributed by atoms with Gasteiger partial charge in [0, 0.05) is 17.0 Å². The van der Waals surface area contributed by atoms with Crippen LogP contribution in [0.3, 0.4) is 0 Å². The Hall–Kier alpha value is -2.21. The minimum Gasteiger partial charge on any atom is -0.490 e. The summed E-state index contributed by atoms with van der Waals surface area (Å²) >= 11 is 1.69. The summed E-state index contributed by atoms with van der Waals surface area (Å²) in [5.41, 5.74) is 0.501. The quantitative estimate of drug-likeness (QED) is 0.695. The molecule has 0 aliphatic carbocycles. The molecule has 6 heteroatoms. The van der Waals surface area contributed by atoms with Crippen LogP contribution >= 0.6 is 11.3 Å². The Labute approximate surface area is 152 Å². The van der Waals surface area contributed by atoms with E-state index in [9.17, 15) is 4.79 Å². The van der Waals surface area contributed by atoms with Gasteiger partial charge in [-0.05, 0) is 50.8 Å². The molecule has 2 rings (SSSR count). The van der Waals surface area contributed by atoms with Gasteiger partial charge < -0.3 is 19.5 Å².